The Morgan fingerprint density at radius 1 is 1.28 bits per heavy atom. The molecular weight excluding hydrogens is 244 g/mol. The number of aromatic nitrogens is 3. The Hall–Kier alpha value is -1.88. The number of fused-ring (bicyclic) bond motifs is 1. The lowest BCUT2D eigenvalue weighted by Crippen LogP contribution is -2.02. The Balaban J connectivity index is 2.15. The SMILES string of the molecule is CC(C)c1ccn(-c2ccc3scnc3c2N)n1. The van der Waals surface area contributed by atoms with E-state index < -0.39 is 0 Å². The molecule has 1 aromatic carbocycles. The van der Waals surface area contributed by atoms with Gasteiger partial charge in [-0.3, -0.25) is 0 Å². The lowest BCUT2D eigenvalue weighted by Gasteiger charge is -2.06. The van der Waals surface area contributed by atoms with Crippen LogP contribution >= 0.6 is 11.3 Å². The molecule has 0 aliphatic carbocycles. The first-order valence-corrected chi connectivity index (χ1v) is 6.72. The maximum Gasteiger partial charge on any atom is 0.106 e. The van der Waals surface area contributed by atoms with Crippen molar-refractivity contribution in [1.29, 1.82) is 0 Å². The Morgan fingerprint density at radius 3 is 2.83 bits per heavy atom. The van der Waals surface area contributed by atoms with Crippen molar-refractivity contribution < 1.29 is 0 Å². The van der Waals surface area contributed by atoms with E-state index in [0.29, 0.717) is 11.6 Å². The fourth-order valence-corrected chi connectivity index (χ4v) is 2.61. The van der Waals surface area contributed by atoms with Crippen molar-refractivity contribution in [2.45, 2.75) is 19.8 Å². The van der Waals surface area contributed by atoms with E-state index in [0.717, 1.165) is 21.6 Å². The molecule has 0 unspecified atom stereocenters. The van der Waals surface area contributed by atoms with Crippen LogP contribution in [0.4, 0.5) is 5.69 Å². The normalized spacial score (nSPS) is 11.5. The van der Waals surface area contributed by atoms with Crippen LogP contribution in [-0.2, 0) is 0 Å². The Kier molecular flexibility index (Phi) is 2.56. The molecule has 0 amide bonds. The van der Waals surface area contributed by atoms with Crippen LogP contribution in [0.2, 0.25) is 0 Å². The molecule has 0 bridgehead atoms. The van der Waals surface area contributed by atoms with Crippen LogP contribution in [0.3, 0.4) is 0 Å². The first kappa shape index (κ1) is 11.2. The quantitative estimate of drug-likeness (QED) is 0.718. The largest absolute Gasteiger partial charge is 0.395 e. The summed E-state index contributed by atoms with van der Waals surface area (Å²) >= 11 is 1.59. The number of nitrogens with zero attached hydrogens (tertiary/aromatic N) is 3. The van der Waals surface area contributed by atoms with Gasteiger partial charge in [-0.15, -0.1) is 11.3 Å². The summed E-state index contributed by atoms with van der Waals surface area (Å²) in [5.41, 5.74) is 11.5. The zero-order valence-corrected chi connectivity index (χ0v) is 11.1. The lowest BCUT2D eigenvalue weighted by atomic mass is 10.1. The van der Waals surface area contributed by atoms with Crippen LogP contribution in [0.5, 0.6) is 0 Å². The zero-order chi connectivity index (χ0) is 12.7. The van der Waals surface area contributed by atoms with Gasteiger partial charge in [0.1, 0.15) is 5.52 Å². The molecule has 0 aliphatic heterocycles. The fraction of sp³-hybridized carbons (Fsp3) is 0.231. The average molecular weight is 258 g/mol. The van der Waals surface area contributed by atoms with E-state index in [-0.39, 0.29) is 0 Å². The number of nitrogen functional groups attached to an aromatic ring is 1. The van der Waals surface area contributed by atoms with Gasteiger partial charge in [0.25, 0.3) is 0 Å². The second-order valence-corrected chi connectivity index (χ2v) is 5.42. The summed E-state index contributed by atoms with van der Waals surface area (Å²) in [4.78, 5) is 4.30. The number of hydrogen-bond donors (Lipinski definition) is 1. The van der Waals surface area contributed by atoms with Crippen LogP contribution in [0.25, 0.3) is 15.9 Å². The van der Waals surface area contributed by atoms with Crippen molar-refractivity contribution in [2.75, 3.05) is 5.73 Å². The smallest absolute Gasteiger partial charge is 0.106 e. The summed E-state index contributed by atoms with van der Waals surface area (Å²) in [6, 6.07) is 6.05. The first-order chi connectivity index (χ1) is 8.66. The van der Waals surface area contributed by atoms with Crippen LogP contribution in [0.1, 0.15) is 25.5 Å². The van der Waals surface area contributed by atoms with Gasteiger partial charge in [-0.1, -0.05) is 13.8 Å². The zero-order valence-electron chi connectivity index (χ0n) is 10.3. The molecule has 3 rings (SSSR count). The van der Waals surface area contributed by atoms with Gasteiger partial charge >= 0.3 is 0 Å². The van der Waals surface area contributed by atoms with Gasteiger partial charge in [-0.2, -0.15) is 5.10 Å². The van der Waals surface area contributed by atoms with Crippen molar-refractivity contribution in [3.8, 4) is 5.69 Å². The summed E-state index contributed by atoms with van der Waals surface area (Å²) in [6.07, 6.45) is 1.94. The van der Waals surface area contributed by atoms with E-state index in [1.807, 2.05) is 34.6 Å². The Bertz CT molecular complexity index is 696. The highest BCUT2D eigenvalue weighted by molar-refractivity contribution is 7.16. The summed E-state index contributed by atoms with van der Waals surface area (Å²) in [7, 11) is 0. The lowest BCUT2D eigenvalue weighted by molar-refractivity contribution is 0.769. The predicted octanol–water partition coefficient (Wildman–Crippen LogP) is 3.19. The minimum Gasteiger partial charge on any atom is -0.395 e. The Labute approximate surface area is 109 Å². The highest BCUT2D eigenvalue weighted by atomic mass is 32.1. The molecule has 2 N–H and O–H groups in total. The second kappa shape index (κ2) is 4.10. The van der Waals surface area contributed by atoms with Gasteiger partial charge in [0.2, 0.25) is 0 Å². The molecule has 5 heteroatoms. The molecule has 0 atom stereocenters. The summed E-state index contributed by atoms with van der Waals surface area (Å²) < 4.78 is 2.93. The van der Waals surface area contributed by atoms with Crippen LogP contribution in [-0.4, -0.2) is 14.8 Å². The van der Waals surface area contributed by atoms with E-state index in [1.165, 1.54) is 0 Å². The number of thiazole rings is 1. The number of hydrogen-bond acceptors (Lipinski definition) is 4. The third-order valence-corrected chi connectivity index (χ3v) is 3.76. The van der Waals surface area contributed by atoms with Crippen molar-refractivity contribution >= 4 is 27.2 Å². The molecule has 0 aliphatic rings. The van der Waals surface area contributed by atoms with E-state index in [9.17, 15) is 0 Å². The Morgan fingerprint density at radius 2 is 2.11 bits per heavy atom. The maximum absolute atomic E-state index is 6.16. The molecule has 18 heavy (non-hydrogen) atoms. The topological polar surface area (TPSA) is 56.7 Å². The molecule has 4 nitrogen and oxygen atoms in total. The summed E-state index contributed by atoms with van der Waals surface area (Å²) in [6.45, 7) is 4.25. The van der Waals surface area contributed by atoms with Gasteiger partial charge in [0.15, 0.2) is 0 Å². The standard InChI is InChI=1S/C13H14N4S/c1-8(2)9-5-6-17(16-9)10-3-4-11-13(12(10)14)15-7-18-11/h3-8H,14H2,1-2H3. The minimum atomic E-state index is 0.412. The molecule has 0 saturated carbocycles. The van der Waals surface area contributed by atoms with E-state index in [4.69, 9.17) is 5.73 Å². The molecule has 92 valence electrons. The van der Waals surface area contributed by atoms with Crippen LogP contribution in [0.15, 0.2) is 29.9 Å². The fourth-order valence-electron chi connectivity index (χ4n) is 1.92. The van der Waals surface area contributed by atoms with Crippen molar-refractivity contribution in [2.24, 2.45) is 0 Å². The van der Waals surface area contributed by atoms with Gasteiger partial charge in [-0.25, -0.2) is 9.67 Å². The van der Waals surface area contributed by atoms with Gasteiger partial charge in [0, 0.05) is 6.20 Å². The van der Waals surface area contributed by atoms with Crippen LogP contribution in [0, 0.1) is 0 Å². The minimum absolute atomic E-state index is 0.412. The molecule has 2 heterocycles. The molecule has 2 aromatic heterocycles. The van der Waals surface area contributed by atoms with E-state index >= 15 is 0 Å². The van der Waals surface area contributed by atoms with E-state index in [2.05, 4.69) is 23.9 Å². The number of rotatable bonds is 2. The molecular formula is C13H14N4S. The number of benzene rings is 1. The predicted molar refractivity (Wildman–Crippen MR) is 75.2 cm³/mol. The highest BCUT2D eigenvalue weighted by Crippen LogP contribution is 2.29. The van der Waals surface area contributed by atoms with Crippen molar-refractivity contribution in [3.05, 3.63) is 35.6 Å². The molecule has 3 aromatic rings. The molecule has 0 radical (unpaired) electrons. The summed E-state index contributed by atoms with van der Waals surface area (Å²) in [5, 5.41) is 4.54. The van der Waals surface area contributed by atoms with Crippen LogP contribution < -0.4 is 5.73 Å². The number of nitrogens with two attached hydrogens (primary N) is 1. The molecule has 0 spiro atoms. The molecule has 0 fully saturated rings. The van der Waals surface area contributed by atoms with Crippen molar-refractivity contribution in [1.82, 2.24) is 14.8 Å². The number of anilines is 1. The van der Waals surface area contributed by atoms with Gasteiger partial charge in [0.05, 0.1) is 27.3 Å². The maximum atomic E-state index is 6.16. The summed E-state index contributed by atoms with van der Waals surface area (Å²) in [5.74, 6) is 0.412. The van der Waals surface area contributed by atoms with Crippen molar-refractivity contribution in [3.63, 3.8) is 0 Å². The van der Waals surface area contributed by atoms with Gasteiger partial charge in [-0.05, 0) is 24.1 Å². The second-order valence-electron chi connectivity index (χ2n) is 4.54. The first-order valence-electron chi connectivity index (χ1n) is 5.84. The molecule has 0 saturated heterocycles. The highest BCUT2D eigenvalue weighted by Gasteiger charge is 2.10. The third kappa shape index (κ3) is 1.67. The van der Waals surface area contributed by atoms with Gasteiger partial charge < -0.3 is 5.73 Å². The average Bonchev–Trinajstić information content (AvgIpc) is 2.97. The van der Waals surface area contributed by atoms with E-state index in [1.54, 1.807) is 11.3 Å². The third-order valence-electron chi connectivity index (χ3n) is 2.97. The monoisotopic (exact) mass is 258 g/mol.